The van der Waals surface area contributed by atoms with Gasteiger partial charge >= 0.3 is 0 Å². The molecule has 1 aromatic carbocycles. The zero-order chi connectivity index (χ0) is 28.0. The maximum Gasteiger partial charge on any atom is 0.250 e. The summed E-state index contributed by atoms with van der Waals surface area (Å²) in [5.74, 6) is 0.770. The third-order valence-electron chi connectivity index (χ3n) is 10.1. The summed E-state index contributed by atoms with van der Waals surface area (Å²) in [4.78, 5) is 52.8. The zero-order valence-electron chi connectivity index (χ0n) is 23.4. The largest absolute Gasteiger partial charge is 0.342 e. The number of hydrogen-bond acceptors (Lipinski definition) is 8. The predicted molar refractivity (Wildman–Crippen MR) is 150 cm³/mol. The van der Waals surface area contributed by atoms with Crippen molar-refractivity contribution in [3.63, 3.8) is 0 Å². The highest BCUT2D eigenvalue weighted by Gasteiger charge is 2.55. The number of para-hydroxylation sites is 1. The van der Waals surface area contributed by atoms with Crippen molar-refractivity contribution in [2.45, 2.75) is 56.1 Å². The number of likely N-dealkylation sites (tertiary alicyclic amines) is 2. The molecule has 1 saturated carbocycles. The predicted octanol–water partition coefficient (Wildman–Crippen LogP) is 0.612. The fourth-order valence-corrected chi connectivity index (χ4v) is 7.76. The van der Waals surface area contributed by atoms with Gasteiger partial charge in [0.1, 0.15) is 24.7 Å². The van der Waals surface area contributed by atoms with Crippen molar-refractivity contribution < 1.29 is 14.4 Å². The Balaban J connectivity index is 1.03. The molecule has 2 N–H and O–H groups in total. The van der Waals surface area contributed by atoms with Crippen molar-refractivity contribution in [1.29, 1.82) is 0 Å². The molecule has 5 heterocycles. The smallest absolute Gasteiger partial charge is 0.250 e. The van der Waals surface area contributed by atoms with Crippen LogP contribution in [0, 0.1) is 11.8 Å². The Bertz CT molecular complexity index is 1260. The van der Waals surface area contributed by atoms with Crippen molar-refractivity contribution in [2.75, 3.05) is 50.8 Å². The normalized spacial score (nSPS) is 29.4. The van der Waals surface area contributed by atoms with E-state index < -0.39 is 5.54 Å². The molecule has 4 aliphatic heterocycles. The van der Waals surface area contributed by atoms with Crippen LogP contribution in [0.2, 0.25) is 0 Å². The summed E-state index contributed by atoms with van der Waals surface area (Å²) in [6.07, 6.45) is 8.01. The topological polar surface area (TPSA) is 119 Å². The number of piperidine rings is 1. The molecule has 41 heavy (non-hydrogen) atoms. The minimum Gasteiger partial charge on any atom is -0.342 e. The van der Waals surface area contributed by atoms with Crippen molar-refractivity contribution in [1.82, 2.24) is 40.3 Å². The number of aromatic nitrogens is 3. The van der Waals surface area contributed by atoms with E-state index >= 15 is 0 Å². The minimum atomic E-state index is -0.746. The molecule has 1 aromatic heterocycles. The van der Waals surface area contributed by atoms with E-state index in [0.717, 1.165) is 37.9 Å². The number of hydrogen-bond donors (Lipinski definition) is 2. The van der Waals surface area contributed by atoms with Crippen molar-refractivity contribution >= 4 is 23.4 Å². The van der Waals surface area contributed by atoms with Gasteiger partial charge in [0, 0.05) is 50.4 Å². The SMILES string of the molecule is O=C(CN1CN(c2ccccc2)C2(CCN(C(=O)C3CCC4NNCC4C3)CC2)C1=O)N1CCC(n2cncn2)C1. The average molecular weight is 562 g/mol. The summed E-state index contributed by atoms with van der Waals surface area (Å²) >= 11 is 0. The lowest BCUT2D eigenvalue weighted by atomic mass is 9.77. The Kier molecular flexibility index (Phi) is 6.90. The van der Waals surface area contributed by atoms with Crippen LogP contribution < -0.4 is 15.8 Å². The molecule has 12 heteroatoms. The second kappa shape index (κ2) is 10.7. The minimum absolute atomic E-state index is 0.00237. The third kappa shape index (κ3) is 4.76. The van der Waals surface area contributed by atoms with Gasteiger partial charge in [0.05, 0.1) is 12.7 Å². The van der Waals surface area contributed by atoms with Gasteiger partial charge in [-0.25, -0.2) is 9.67 Å². The molecule has 5 fully saturated rings. The Morgan fingerprint density at radius 2 is 1.85 bits per heavy atom. The van der Waals surface area contributed by atoms with E-state index in [2.05, 4.69) is 25.8 Å². The number of nitrogens with one attached hydrogen (secondary N) is 2. The maximum atomic E-state index is 14.1. The maximum absolute atomic E-state index is 14.1. The fourth-order valence-electron chi connectivity index (χ4n) is 7.76. The molecule has 1 spiro atoms. The molecule has 2 aromatic rings. The molecule has 4 atom stereocenters. The first-order valence-corrected chi connectivity index (χ1v) is 15.0. The molecule has 5 aliphatic rings. The van der Waals surface area contributed by atoms with Gasteiger partial charge in [-0.3, -0.25) is 25.2 Å². The standard InChI is InChI=1S/C29H39N9O3/c39-26(35-11-8-24(16-35)38-19-30-18-32-38)17-36-20-37(23-4-2-1-3-5-23)29(28(36)41)9-12-34(13-10-29)27(40)21-6-7-25-22(14-21)15-31-33-25/h1-5,18-19,21-22,24-25,31,33H,6-17,20H2. The first kappa shape index (κ1) is 26.4. The summed E-state index contributed by atoms with van der Waals surface area (Å²) in [6, 6.07) is 10.6. The molecule has 4 saturated heterocycles. The first-order chi connectivity index (χ1) is 20.0. The molecule has 218 valence electrons. The van der Waals surface area contributed by atoms with Crippen molar-refractivity contribution in [3.8, 4) is 0 Å². The monoisotopic (exact) mass is 561 g/mol. The number of nitrogens with zero attached hydrogens (tertiary/aromatic N) is 7. The molecule has 3 amide bonds. The van der Waals surface area contributed by atoms with Crippen molar-refractivity contribution in [3.05, 3.63) is 43.0 Å². The molecular formula is C29H39N9O3. The van der Waals surface area contributed by atoms with Gasteiger partial charge in [0.2, 0.25) is 11.8 Å². The lowest BCUT2D eigenvalue weighted by Gasteiger charge is -2.44. The van der Waals surface area contributed by atoms with Gasteiger partial charge in [-0.05, 0) is 56.6 Å². The molecule has 0 radical (unpaired) electrons. The quantitative estimate of drug-likeness (QED) is 0.545. The number of fused-ring (bicyclic) bond motifs is 1. The summed E-state index contributed by atoms with van der Waals surface area (Å²) in [6.45, 7) is 3.68. The van der Waals surface area contributed by atoms with E-state index in [1.807, 2.05) is 44.8 Å². The number of rotatable bonds is 5. The van der Waals surface area contributed by atoms with Crippen LogP contribution in [0.25, 0.3) is 0 Å². The zero-order valence-corrected chi connectivity index (χ0v) is 23.4. The number of hydrazine groups is 1. The summed E-state index contributed by atoms with van der Waals surface area (Å²) in [5.41, 5.74) is 6.82. The van der Waals surface area contributed by atoms with Crippen molar-refractivity contribution in [2.24, 2.45) is 11.8 Å². The van der Waals surface area contributed by atoms with Gasteiger partial charge in [0.15, 0.2) is 0 Å². The van der Waals surface area contributed by atoms with Crippen LogP contribution in [0.3, 0.4) is 0 Å². The molecular weight excluding hydrogens is 522 g/mol. The molecule has 0 bridgehead atoms. The Hall–Kier alpha value is -3.51. The second-order valence-corrected chi connectivity index (χ2v) is 12.3. The second-order valence-electron chi connectivity index (χ2n) is 12.3. The van der Waals surface area contributed by atoms with E-state index in [0.29, 0.717) is 57.6 Å². The lowest BCUT2D eigenvalue weighted by Crippen LogP contribution is -2.58. The van der Waals surface area contributed by atoms with Gasteiger partial charge in [-0.2, -0.15) is 5.10 Å². The van der Waals surface area contributed by atoms with Crippen LogP contribution in [0.4, 0.5) is 5.69 Å². The van der Waals surface area contributed by atoms with Gasteiger partial charge in [-0.15, -0.1) is 0 Å². The van der Waals surface area contributed by atoms with Crippen LogP contribution in [0.15, 0.2) is 43.0 Å². The fraction of sp³-hybridized carbons (Fsp3) is 0.621. The average Bonchev–Trinajstić information content (AvgIpc) is 3.82. The van der Waals surface area contributed by atoms with Gasteiger partial charge < -0.3 is 19.6 Å². The van der Waals surface area contributed by atoms with E-state index in [1.54, 1.807) is 11.2 Å². The van der Waals surface area contributed by atoms with Crippen LogP contribution in [0.1, 0.15) is 44.6 Å². The van der Waals surface area contributed by atoms with Gasteiger partial charge in [0.25, 0.3) is 5.91 Å². The van der Waals surface area contributed by atoms with Crippen LogP contribution >= 0.6 is 0 Å². The lowest BCUT2D eigenvalue weighted by molar-refractivity contribution is -0.143. The number of carbonyl (C=O) groups excluding carboxylic acids is 3. The highest BCUT2D eigenvalue weighted by Crippen LogP contribution is 2.41. The molecule has 4 unspecified atom stereocenters. The van der Waals surface area contributed by atoms with Gasteiger partial charge in [-0.1, -0.05) is 18.2 Å². The molecule has 1 aliphatic carbocycles. The number of carbonyl (C=O) groups is 3. The van der Waals surface area contributed by atoms with E-state index in [9.17, 15) is 14.4 Å². The van der Waals surface area contributed by atoms with E-state index in [1.165, 1.54) is 6.33 Å². The summed E-state index contributed by atoms with van der Waals surface area (Å²) in [7, 11) is 0. The first-order valence-electron chi connectivity index (χ1n) is 15.0. The Labute approximate surface area is 240 Å². The highest BCUT2D eigenvalue weighted by molar-refractivity contribution is 5.96. The summed E-state index contributed by atoms with van der Waals surface area (Å²) in [5, 5.41) is 4.23. The van der Waals surface area contributed by atoms with Crippen LogP contribution in [-0.2, 0) is 14.4 Å². The van der Waals surface area contributed by atoms with E-state index in [-0.39, 0.29) is 36.2 Å². The third-order valence-corrected chi connectivity index (χ3v) is 10.1. The molecule has 12 nitrogen and oxygen atoms in total. The van der Waals surface area contributed by atoms with Crippen LogP contribution in [-0.4, -0.2) is 105 Å². The van der Waals surface area contributed by atoms with E-state index in [4.69, 9.17) is 0 Å². The highest BCUT2D eigenvalue weighted by atomic mass is 16.2. The Morgan fingerprint density at radius 3 is 2.63 bits per heavy atom. The number of benzene rings is 1. The Morgan fingerprint density at radius 1 is 1.02 bits per heavy atom. The number of amides is 3. The summed E-state index contributed by atoms with van der Waals surface area (Å²) < 4.78 is 1.81. The van der Waals surface area contributed by atoms with Crippen LogP contribution in [0.5, 0.6) is 0 Å². The molecule has 7 rings (SSSR count). The number of anilines is 1.